The number of rotatable bonds is 68. The van der Waals surface area contributed by atoms with Gasteiger partial charge in [0.15, 0.2) is 18.9 Å². The van der Waals surface area contributed by atoms with Gasteiger partial charge in [0.05, 0.1) is 38.6 Å². The van der Waals surface area contributed by atoms with E-state index < -0.39 is 124 Å². The van der Waals surface area contributed by atoms with Gasteiger partial charge in [-0.2, -0.15) is 0 Å². The minimum atomic E-state index is -1.99. The van der Waals surface area contributed by atoms with Crippen LogP contribution in [0.15, 0.2) is 109 Å². The molecule has 0 spiro atoms. The van der Waals surface area contributed by atoms with Gasteiger partial charge in [0.25, 0.3) is 0 Å². The molecule has 0 aromatic rings. The van der Waals surface area contributed by atoms with Gasteiger partial charge in [-0.05, 0) is 96.3 Å². The summed E-state index contributed by atoms with van der Waals surface area (Å²) < 4.78 is 34.5. The van der Waals surface area contributed by atoms with Crippen LogP contribution in [0.1, 0.15) is 316 Å². The summed E-state index contributed by atoms with van der Waals surface area (Å²) in [6.07, 6.45) is 68.0. The molecule has 17 atom stereocenters. The molecule has 3 rings (SSSR count). The second-order valence-corrected chi connectivity index (χ2v) is 30.2. The van der Waals surface area contributed by atoms with E-state index in [0.717, 1.165) is 83.5 Å². The Labute approximate surface area is 653 Å². The number of unbranched alkanes of at least 4 members (excludes halogenated alkanes) is 36. The summed E-state index contributed by atoms with van der Waals surface area (Å²) in [5.74, 6) is -0.288. The summed E-state index contributed by atoms with van der Waals surface area (Å²) in [5, 5.41) is 121. The number of carbonyl (C=O) groups is 1. The molecule has 1 amide bonds. The van der Waals surface area contributed by atoms with E-state index in [9.17, 15) is 61.0 Å². The summed E-state index contributed by atoms with van der Waals surface area (Å²) in [6.45, 7) is 1.63. The standard InChI is InChI=1S/C89H155NO18/c1-3-5-7-9-11-13-15-17-19-21-23-25-27-29-31-32-33-34-35-36-37-38-39-40-41-43-45-47-49-51-53-55-57-59-61-63-65-67-77(95)90-72(73(94)66-64-62-60-58-56-54-52-50-48-46-44-42-30-28-26-24-22-20-18-16-14-12-10-8-6-4-2)71-103-87-83(101)80(98)85(75(69-92)105-87)108-89-84(102)81(99)86(76(70-93)106-89)107-88-82(100)79(97)78(96)74(68-91)104-88/h5,7,11,13,17,19,23,25,29,31,33-34,48,50,56,58,64,66,72-76,78-89,91-94,96-102H,3-4,6,8-10,12,14-16,18,20-22,24,26-28,30,32,35-47,49,51-55,57,59-63,65,67-71H2,1-2H3,(H,90,95)/b7-5-,13-11-,19-17-,25-23-,31-29-,34-33-,50-48+,58-56+,66-64+. The molecule has 17 unspecified atom stereocenters. The van der Waals surface area contributed by atoms with Crippen molar-refractivity contribution in [1.29, 1.82) is 0 Å². The molecule has 12 N–H and O–H groups in total. The average Bonchev–Trinajstić information content (AvgIpc) is 0.779. The van der Waals surface area contributed by atoms with E-state index in [-0.39, 0.29) is 18.9 Å². The molecular weight excluding hydrogens is 1370 g/mol. The number of hydrogen-bond acceptors (Lipinski definition) is 18. The number of nitrogens with one attached hydrogen (secondary N) is 1. The Kier molecular flexibility index (Phi) is 62.0. The van der Waals surface area contributed by atoms with Gasteiger partial charge >= 0.3 is 0 Å². The Morgan fingerprint density at radius 2 is 0.648 bits per heavy atom. The molecular formula is C89H155NO18. The first-order valence-corrected chi connectivity index (χ1v) is 43.1. The van der Waals surface area contributed by atoms with Crippen LogP contribution in [0.2, 0.25) is 0 Å². The highest BCUT2D eigenvalue weighted by atomic mass is 16.8. The van der Waals surface area contributed by atoms with Crippen molar-refractivity contribution < 1.29 is 89.4 Å². The fourth-order valence-corrected chi connectivity index (χ4v) is 13.9. The van der Waals surface area contributed by atoms with Gasteiger partial charge in [-0.15, -0.1) is 0 Å². The van der Waals surface area contributed by atoms with E-state index in [1.54, 1.807) is 6.08 Å². The molecule has 108 heavy (non-hydrogen) atoms. The lowest BCUT2D eigenvalue weighted by Gasteiger charge is -2.48. The lowest BCUT2D eigenvalue weighted by Crippen LogP contribution is -2.66. The van der Waals surface area contributed by atoms with Gasteiger partial charge in [-0.1, -0.05) is 322 Å². The van der Waals surface area contributed by atoms with Gasteiger partial charge in [0.2, 0.25) is 5.91 Å². The molecule has 0 aromatic heterocycles. The summed E-state index contributed by atoms with van der Waals surface area (Å²) in [6, 6.07) is -1.00. The molecule has 0 radical (unpaired) electrons. The highest BCUT2D eigenvalue weighted by Crippen LogP contribution is 2.33. The first-order chi connectivity index (χ1) is 52.8. The van der Waals surface area contributed by atoms with Crippen molar-refractivity contribution in [2.24, 2.45) is 0 Å². The molecule has 3 heterocycles. The Morgan fingerprint density at radius 1 is 0.343 bits per heavy atom. The zero-order valence-corrected chi connectivity index (χ0v) is 67.0. The minimum absolute atomic E-state index is 0.229. The number of carbonyl (C=O) groups excluding carboxylic acids is 1. The van der Waals surface area contributed by atoms with Crippen LogP contribution in [-0.2, 0) is 33.2 Å². The van der Waals surface area contributed by atoms with Crippen molar-refractivity contribution in [2.75, 3.05) is 26.4 Å². The molecule has 19 heteroatoms. The van der Waals surface area contributed by atoms with Crippen molar-refractivity contribution in [3.63, 3.8) is 0 Å². The predicted octanol–water partition coefficient (Wildman–Crippen LogP) is 15.7. The number of ether oxygens (including phenoxy) is 6. The van der Waals surface area contributed by atoms with Crippen molar-refractivity contribution >= 4 is 5.91 Å². The number of aliphatic hydroxyl groups is 11. The maximum atomic E-state index is 13.5. The third-order valence-electron chi connectivity index (χ3n) is 20.8. The van der Waals surface area contributed by atoms with Gasteiger partial charge in [0.1, 0.15) is 73.2 Å². The topological polar surface area (TPSA) is 307 Å². The second-order valence-electron chi connectivity index (χ2n) is 30.2. The van der Waals surface area contributed by atoms with Crippen molar-refractivity contribution in [3.8, 4) is 0 Å². The molecule has 19 nitrogen and oxygen atoms in total. The van der Waals surface area contributed by atoms with Crippen molar-refractivity contribution in [1.82, 2.24) is 5.32 Å². The minimum Gasteiger partial charge on any atom is -0.394 e. The van der Waals surface area contributed by atoms with E-state index in [1.165, 1.54) is 199 Å². The Hall–Kier alpha value is -3.55. The summed E-state index contributed by atoms with van der Waals surface area (Å²) >= 11 is 0. The van der Waals surface area contributed by atoms with Crippen LogP contribution >= 0.6 is 0 Å². The molecule has 0 bridgehead atoms. The fourth-order valence-electron chi connectivity index (χ4n) is 13.9. The highest BCUT2D eigenvalue weighted by Gasteiger charge is 2.54. The second kappa shape index (κ2) is 67.9. The van der Waals surface area contributed by atoms with E-state index in [4.69, 9.17) is 28.4 Å². The van der Waals surface area contributed by atoms with Crippen LogP contribution in [0, 0.1) is 0 Å². The van der Waals surface area contributed by atoms with Crippen LogP contribution in [0.25, 0.3) is 0 Å². The highest BCUT2D eigenvalue weighted by molar-refractivity contribution is 5.76. The maximum absolute atomic E-state index is 13.5. The lowest BCUT2D eigenvalue weighted by atomic mass is 9.96. The number of aliphatic hydroxyl groups excluding tert-OH is 11. The number of allylic oxidation sites excluding steroid dienone is 17. The molecule has 624 valence electrons. The smallest absolute Gasteiger partial charge is 0.220 e. The SMILES string of the molecule is CC/C=C\C/C=C\C/C=C\C/C=C\C/C=C\C/C=C\CCCCCCCCCCCCCCCCCCCCC(=O)NC(COC1OC(CO)C(OC2OC(CO)C(OC3OC(CO)C(O)C(O)C3O)C(O)C2O)C(O)C1O)C(O)/C=C/CC/C=C/CC/C=C/CCCCCCCCCCCCCCCCCC. The first-order valence-electron chi connectivity index (χ1n) is 43.1. The van der Waals surface area contributed by atoms with Crippen molar-refractivity contribution in [2.45, 2.75) is 420 Å². The van der Waals surface area contributed by atoms with Gasteiger partial charge in [-0.3, -0.25) is 4.79 Å². The van der Waals surface area contributed by atoms with Crippen LogP contribution < -0.4 is 5.32 Å². The molecule has 3 aliphatic rings. The first kappa shape index (κ1) is 98.6. The Morgan fingerprint density at radius 3 is 1.04 bits per heavy atom. The zero-order valence-electron chi connectivity index (χ0n) is 67.0. The fraction of sp³-hybridized carbons (Fsp3) is 0.787. The van der Waals surface area contributed by atoms with E-state index in [1.807, 2.05) is 6.08 Å². The van der Waals surface area contributed by atoms with Crippen molar-refractivity contribution in [3.05, 3.63) is 109 Å². The van der Waals surface area contributed by atoms with E-state index >= 15 is 0 Å². The monoisotopic (exact) mass is 1530 g/mol. The maximum Gasteiger partial charge on any atom is 0.220 e. The van der Waals surface area contributed by atoms with Gasteiger partial charge < -0.3 is 89.9 Å². The van der Waals surface area contributed by atoms with Crippen LogP contribution in [0.5, 0.6) is 0 Å². The van der Waals surface area contributed by atoms with E-state index in [2.05, 4.69) is 116 Å². The zero-order chi connectivity index (χ0) is 78.1. The number of amides is 1. The van der Waals surface area contributed by atoms with Crippen LogP contribution in [0.3, 0.4) is 0 Å². The molecule has 3 fully saturated rings. The molecule has 0 saturated carbocycles. The molecule has 3 saturated heterocycles. The summed E-state index contributed by atoms with van der Waals surface area (Å²) in [5.41, 5.74) is 0. The van der Waals surface area contributed by atoms with Crippen LogP contribution in [0.4, 0.5) is 0 Å². The van der Waals surface area contributed by atoms with E-state index in [0.29, 0.717) is 12.8 Å². The Bertz CT molecular complexity index is 2380. The molecule has 3 aliphatic heterocycles. The molecule has 0 aliphatic carbocycles. The predicted molar refractivity (Wildman–Crippen MR) is 434 cm³/mol. The quantitative estimate of drug-likeness (QED) is 0.0199. The largest absolute Gasteiger partial charge is 0.394 e. The Balaban J connectivity index is 1.35. The third-order valence-corrected chi connectivity index (χ3v) is 20.8. The lowest BCUT2D eigenvalue weighted by molar-refractivity contribution is -0.379. The average molecular weight is 1530 g/mol. The van der Waals surface area contributed by atoms with Gasteiger partial charge in [-0.25, -0.2) is 0 Å². The number of hydrogen-bond donors (Lipinski definition) is 12. The molecule has 0 aromatic carbocycles. The van der Waals surface area contributed by atoms with Gasteiger partial charge in [0, 0.05) is 6.42 Å². The normalized spacial score (nSPS) is 26.0. The summed E-state index contributed by atoms with van der Waals surface area (Å²) in [7, 11) is 0. The third kappa shape index (κ3) is 46.6. The summed E-state index contributed by atoms with van der Waals surface area (Å²) in [4.78, 5) is 13.5. The van der Waals surface area contributed by atoms with Crippen LogP contribution in [-0.4, -0.2) is 193 Å².